The van der Waals surface area contributed by atoms with Crippen LogP contribution in [0, 0.1) is 0 Å². The quantitative estimate of drug-likeness (QED) is 0.382. The molecule has 0 saturated carbocycles. The monoisotopic (exact) mass is 451 g/mol. The number of hydrogen-bond donors (Lipinski definition) is 1. The Morgan fingerprint density at radius 1 is 1.13 bits per heavy atom. The van der Waals surface area contributed by atoms with E-state index in [1.807, 2.05) is 52.2 Å². The second-order valence-electron chi connectivity index (χ2n) is 6.77. The Balaban J connectivity index is 1.41. The molecule has 31 heavy (non-hydrogen) atoms. The average Bonchev–Trinajstić information content (AvgIpc) is 3.55. The van der Waals surface area contributed by atoms with Crippen molar-refractivity contribution in [2.75, 3.05) is 5.75 Å². The molecule has 5 aromatic rings. The zero-order valence-electron chi connectivity index (χ0n) is 16.2. The number of nitrogens with zero attached hydrogens (tertiary/aromatic N) is 4. The van der Waals surface area contributed by atoms with E-state index in [9.17, 15) is 9.59 Å². The third kappa shape index (κ3) is 3.87. The van der Waals surface area contributed by atoms with Crippen molar-refractivity contribution in [3.05, 3.63) is 81.9 Å². The minimum absolute atomic E-state index is 0.101. The molecule has 0 saturated heterocycles. The van der Waals surface area contributed by atoms with Gasteiger partial charge >= 0.3 is 0 Å². The maximum atomic E-state index is 13.0. The van der Waals surface area contributed by atoms with Crippen LogP contribution in [0.15, 0.2) is 74.5 Å². The van der Waals surface area contributed by atoms with Crippen molar-refractivity contribution in [1.82, 2.24) is 24.5 Å². The van der Waals surface area contributed by atoms with E-state index < -0.39 is 0 Å². The van der Waals surface area contributed by atoms with Gasteiger partial charge in [0.25, 0.3) is 5.56 Å². The van der Waals surface area contributed by atoms with E-state index in [2.05, 4.69) is 15.5 Å². The minimum Gasteiger partial charge on any atom is -0.467 e. The van der Waals surface area contributed by atoms with E-state index in [1.165, 1.54) is 23.1 Å². The average molecular weight is 452 g/mol. The summed E-state index contributed by atoms with van der Waals surface area (Å²) < 4.78 is 9.39. The van der Waals surface area contributed by atoms with Gasteiger partial charge in [0.1, 0.15) is 10.5 Å². The van der Waals surface area contributed by atoms with Crippen molar-refractivity contribution >= 4 is 45.0 Å². The predicted octanol–water partition coefficient (Wildman–Crippen LogP) is 3.16. The zero-order chi connectivity index (χ0) is 21.2. The highest BCUT2D eigenvalue weighted by atomic mass is 32.2. The van der Waals surface area contributed by atoms with E-state index in [-0.39, 0.29) is 23.8 Å². The number of thioether (sulfide) groups is 1. The normalized spacial score (nSPS) is 11.4. The van der Waals surface area contributed by atoms with Crippen molar-refractivity contribution in [1.29, 1.82) is 0 Å². The third-order valence-corrected chi connectivity index (χ3v) is 6.56. The summed E-state index contributed by atoms with van der Waals surface area (Å²) in [6, 6.07) is 15.2. The molecular formula is C21H17N5O3S2. The van der Waals surface area contributed by atoms with E-state index in [0.717, 1.165) is 11.1 Å². The maximum Gasteiger partial charge on any atom is 0.273 e. The molecule has 0 aliphatic heterocycles. The first-order chi connectivity index (χ1) is 15.2. The topological polar surface area (TPSA) is 94.4 Å². The number of benzene rings is 1. The molecule has 0 fully saturated rings. The van der Waals surface area contributed by atoms with Crippen molar-refractivity contribution in [2.45, 2.75) is 18.2 Å². The molecule has 1 N–H and O–H groups in total. The van der Waals surface area contributed by atoms with Gasteiger partial charge in [-0.1, -0.05) is 42.1 Å². The molecular weight excluding hydrogens is 434 g/mol. The number of carbonyl (C=O) groups is 1. The molecule has 10 heteroatoms. The first-order valence-electron chi connectivity index (χ1n) is 9.51. The maximum absolute atomic E-state index is 13.0. The van der Waals surface area contributed by atoms with Gasteiger partial charge in [0.2, 0.25) is 11.7 Å². The van der Waals surface area contributed by atoms with Gasteiger partial charge in [0, 0.05) is 6.54 Å². The van der Waals surface area contributed by atoms with Crippen molar-refractivity contribution < 1.29 is 9.21 Å². The van der Waals surface area contributed by atoms with Crippen LogP contribution in [0.1, 0.15) is 11.3 Å². The lowest BCUT2D eigenvalue weighted by atomic mass is 10.2. The molecule has 0 aliphatic rings. The van der Waals surface area contributed by atoms with Crippen LogP contribution in [-0.4, -0.2) is 30.8 Å². The van der Waals surface area contributed by atoms with E-state index >= 15 is 0 Å². The molecule has 4 aromatic heterocycles. The number of fused-ring (bicyclic) bond motifs is 3. The van der Waals surface area contributed by atoms with Crippen molar-refractivity contribution in [3.63, 3.8) is 0 Å². The fourth-order valence-electron chi connectivity index (χ4n) is 3.27. The highest BCUT2D eigenvalue weighted by Crippen LogP contribution is 2.24. The summed E-state index contributed by atoms with van der Waals surface area (Å²) in [6.07, 6.45) is 1.57. The smallest absolute Gasteiger partial charge is 0.273 e. The first kappa shape index (κ1) is 19.6. The summed E-state index contributed by atoms with van der Waals surface area (Å²) in [7, 11) is 0. The SMILES string of the molecule is O=C(CSc1nnc2n(Cc3ccco3)c(=O)c3sccc3n12)NCc1ccccc1. The lowest BCUT2D eigenvalue weighted by molar-refractivity contribution is -0.118. The second kappa shape index (κ2) is 8.40. The van der Waals surface area contributed by atoms with Crippen LogP contribution >= 0.6 is 23.1 Å². The van der Waals surface area contributed by atoms with Crippen LogP contribution in [-0.2, 0) is 17.9 Å². The zero-order valence-corrected chi connectivity index (χ0v) is 17.9. The molecule has 0 spiro atoms. The van der Waals surface area contributed by atoms with Gasteiger partial charge in [-0.2, -0.15) is 0 Å². The number of rotatable bonds is 7. The second-order valence-corrected chi connectivity index (χ2v) is 8.63. The number of nitrogens with one attached hydrogen (secondary N) is 1. The van der Waals surface area contributed by atoms with Gasteiger partial charge in [-0.05, 0) is 29.1 Å². The number of amides is 1. The van der Waals surface area contributed by atoms with Gasteiger partial charge in [-0.15, -0.1) is 21.5 Å². The molecule has 0 atom stereocenters. The largest absolute Gasteiger partial charge is 0.467 e. The highest BCUT2D eigenvalue weighted by Gasteiger charge is 2.19. The number of hydrogen-bond acceptors (Lipinski definition) is 7. The first-order valence-corrected chi connectivity index (χ1v) is 11.4. The van der Waals surface area contributed by atoms with Crippen LogP contribution < -0.4 is 10.9 Å². The Morgan fingerprint density at radius 3 is 2.81 bits per heavy atom. The molecule has 5 rings (SSSR count). The van der Waals surface area contributed by atoms with Crippen molar-refractivity contribution in [2.24, 2.45) is 0 Å². The number of carbonyl (C=O) groups excluding carboxylic acids is 1. The summed E-state index contributed by atoms with van der Waals surface area (Å²) in [4.78, 5) is 25.3. The highest BCUT2D eigenvalue weighted by molar-refractivity contribution is 7.99. The van der Waals surface area contributed by atoms with Gasteiger partial charge in [0.15, 0.2) is 5.16 Å². The van der Waals surface area contributed by atoms with Crippen LogP contribution in [0.4, 0.5) is 0 Å². The molecule has 8 nitrogen and oxygen atoms in total. The summed E-state index contributed by atoms with van der Waals surface area (Å²) in [5.41, 5.74) is 1.63. The standard InChI is InChI=1S/C21H17N5O3S2/c27-17(22-11-14-5-2-1-3-6-14)13-31-21-24-23-20-25(12-15-7-4-9-29-15)19(28)18-16(26(20)21)8-10-30-18/h1-10H,11-13H2,(H,22,27). The molecule has 0 radical (unpaired) electrons. The van der Waals surface area contributed by atoms with Crippen LogP contribution in [0.2, 0.25) is 0 Å². The van der Waals surface area contributed by atoms with Crippen LogP contribution in [0.3, 0.4) is 0 Å². The number of thiophene rings is 1. The van der Waals surface area contributed by atoms with E-state index in [0.29, 0.717) is 27.9 Å². The summed E-state index contributed by atoms with van der Waals surface area (Å²) >= 11 is 2.65. The molecule has 0 bridgehead atoms. The van der Waals surface area contributed by atoms with E-state index in [1.54, 1.807) is 16.9 Å². The molecule has 0 unspecified atom stereocenters. The molecule has 1 amide bonds. The Bertz CT molecular complexity index is 1400. The van der Waals surface area contributed by atoms with Gasteiger partial charge in [0.05, 0.1) is 24.1 Å². The fraction of sp³-hybridized carbons (Fsp3) is 0.143. The summed E-state index contributed by atoms with van der Waals surface area (Å²) in [5, 5.41) is 13.8. The van der Waals surface area contributed by atoms with Gasteiger partial charge in [-0.3, -0.25) is 18.6 Å². The van der Waals surface area contributed by atoms with Gasteiger partial charge in [-0.25, -0.2) is 0 Å². The lowest BCUT2D eigenvalue weighted by Crippen LogP contribution is -2.25. The van der Waals surface area contributed by atoms with Crippen LogP contribution in [0.5, 0.6) is 0 Å². The summed E-state index contributed by atoms with van der Waals surface area (Å²) in [5.74, 6) is 1.16. The minimum atomic E-state index is -0.140. The summed E-state index contributed by atoms with van der Waals surface area (Å²) in [6.45, 7) is 0.724. The van der Waals surface area contributed by atoms with Gasteiger partial charge < -0.3 is 9.73 Å². The van der Waals surface area contributed by atoms with Crippen molar-refractivity contribution in [3.8, 4) is 0 Å². The Morgan fingerprint density at radius 2 is 2.00 bits per heavy atom. The Hall–Kier alpha value is -3.37. The molecule has 156 valence electrons. The van der Waals surface area contributed by atoms with E-state index in [4.69, 9.17) is 4.42 Å². The lowest BCUT2D eigenvalue weighted by Gasteiger charge is -2.08. The molecule has 0 aliphatic carbocycles. The third-order valence-electron chi connectivity index (χ3n) is 4.74. The predicted molar refractivity (Wildman–Crippen MR) is 119 cm³/mol. The Labute approximate surface area is 184 Å². The molecule has 1 aromatic carbocycles. The number of aromatic nitrogens is 4. The number of furan rings is 1. The molecule has 4 heterocycles. The Kier molecular flexibility index (Phi) is 5.31. The fourth-order valence-corrected chi connectivity index (χ4v) is 4.87. The van der Waals surface area contributed by atoms with Crippen LogP contribution in [0.25, 0.3) is 16.0 Å².